The van der Waals surface area contributed by atoms with E-state index in [2.05, 4.69) is 5.32 Å². The maximum atomic E-state index is 12.0. The molecule has 0 saturated carbocycles. The number of rotatable bonds is 4. The van der Waals surface area contributed by atoms with Crippen molar-refractivity contribution in [2.24, 2.45) is 5.41 Å². The van der Waals surface area contributed by atoms with Crippen molar-refractivity contribution >= 4 is 21.7 Å². The largest absolute Gasteiger partial charge is 0.481 e. The minimum Gasteiger partial charge on any atom is -0.481 e. The lowest BCUT2D eigenvalue weighted by Gasteiger charge is -2.29. The zero-order valence-corrected chi connectivity index (χ0v) is 12.2. The predicted molar refractivity (Wildman–Crippen MR) is 67.4 cm³/mol. The summed E-state index contributed by atoms with van der Waals surface area (Å²) in [5, 5.41) is 11.6. The summed E-state index contributed by atoms with van der Waals surface area (Å²) in [6, 6.07) is -0.751. The third-order valence-corrected chi connectivity index (χ3v) is 5.76. The molecule has 0 aromatic heterocycles. The fourth-order valence-corrected chi connectivity index (χ4v) is 1.98. The average Bonchev–Trinajstić information content (AvgIpc) is 2.60. The lowest BCUT2D eigenvalue weighted by Crippen LogP contribution is -2.56. The van der Waals surface area contributed by atoms with Gasteiger partial charge in [0.2, 0.25) is 5.91 Å². The van der Waals surface area contributed by atoms with Crippen molar-refractivity contribution in [1.29, 1.82) is 0 Å². The first-order chi connectivity index (χ1) is 8.43. The van der Waals surface area contributed by atoms with E-state index in [1.165, 1.54) is 20.8 Å². The molecule has 1 amide bonds. The highest BCUT2D eigenvalue weighted by Gasteiger charge is 2.49. The van der Waals surface area contributed by atoms with Crippen LogP contribution in [0.1, 0.15) is 20.8 Å². The summed E-state index contributed by atoms with van der Waals surface area (Å²) in [5.41, 5.74) is -1.25. The van der Waals surface area contributed by atoms with Crippen LogP contribution in [0.2, 0.25) is 0 Å². The molecule has 0 spiro atoms. The highest BCUT2D eigenvalue weighted by Crippen LogP contribution is 2.29. The number of aliphatic carboxylic acids is 1. The molecule has 1 fully saturated rings. The highest BCUT2D eigenvalue weighted by atomic mass is 32.2. The molecule has 2 N–H and O–H groups in total. The Hall–Kier alpha value is -1.15. The molecule has 2 atom stereocenters. The number of carbonyl (C=O) groups excluding carboxylic acids is 1. The van der Waals surface area contributed by atoms with Crippen molar-refractivity contribution in [3.8, 4) is 0 Å². The van der Waals surface area contributed by atoms with Crippen LogP contribution in [0.15, 0.2) is 0 Å². The summed E-state index contributed by atoms with van der Waals surface area (Å²) < 4.78 is 26.6. The van der Waals surface area contributed by atoms with E-state index in [0.29, 0.717) is 0 Å². The van der Waals surface area contributed by atoms with Crippen LogP contribution in [-0.4, -0.2) is 55.7 Å². The van der Waals surface area contributed by atoms with Crippen LogP contribution >= 0.6 is 0 Å². The van der Waals surface area contributed by atoms with Gasteiger partial charge >= 0.3 is 5.97 Å². The first kappa shape index (κ1) is 15.9. The molecule has 8 heteroatoms. The van der Waals surface area contributed by atoms with E-state index in [-0.39, 0.29) is 13.2 Å². The number of carboxylic acid groups (broad SMARTS) is 1. The molecule has 0 bridgehead atoms. The van der Waals surface area contributed by atoms with Crippen molar-refractivity contribution in [2.75, 3.05) is 19.5 Å². The molecular formula is C11H19NO6S. The van der Waals surface area contributed by atoms with Crippen LogP contribution in [-0.2, 0) is 24.2 Å². The van der Waals surface area contributed by atoms with Gasteiger partial charge in [-0.2, -0.15) is 0 Å². The highest BCUT2D eigenvalue weighted by molar-refractivity contribution is 7.92. The van der Waals surface area contributed by atoms with Crippen molar-refractivity contribution in [3.05, 3.63) is 0 Å². The maximum Gasteiger partial charge on any atom is 0.313 e. The van der Waals surface area contributed by atoms with Gasteiger partial charge < -0.3 is 15.2 Å². The maximum absolute atomic E-state index is 12.0. The summed E-state index contributed by atoms with van der Waals surface area (Å²) in [7, 11) is -3.60. The van der Waals surface area contributed by atoms with E-state index in [4.69, 9.17) is 9.84 Å². The van der Waals surface area contributed by atoms with Gasteiger partial charge in [0, 0.05) is 6.26 Å². The zero-order chi connectivity index (χ0) is 15.1. The number of amides is 1. The van der Waals surface area contributed by atoms with E-state index in [1.54, 1.807) is 0 Å². The second-order valence-electron chi connectivity index (χ2n) is 5.55. The molecule has 1 saturated heterocycles. The quantitative estimate of drug-likeness (QED) is 0.717. The van der Waals surface area contributed by atoms with Crippen molar-refractivity contribution in [2.45, 2.75) is 31.6 Å². The van der Waals surface area contributed by atoms with Gasteiger partial charge in [0.05, 0.1) is 19.3 Å². The number of hydrogen-bond donors (Lipinski definition) is 2. The molecule has 1 aliphatic rings. The SMILES string of the molecule is CC1(C(=O)O)COCC1NC(=O)C(C)(C)S(C)(=O)=O. The molecule has 110 valence electrons. The molecule has 0 aromatic rings. The molecule has 1 rings (SSSR count). The van der Waals surface area contributed by atoms with Gasteiger partial charge in [0.25, 0.3) is 0 Å². The minimum absolute atomic E-state index is 0.0212. The minimum atomic E-state index is -3.60. The second-order valence-corrected chi connectivity index (χ2v) is 8.11. The van der Waals surface area contributed by atoms with Crippen LogP contribution in [0.4, 0.5) is 0 Å². The molecule has 0 aromatic carbocycles. The van der Waals surface area contributed by atoms with Gasteiger partial charge in [-0.25, -0.2) is 8.42 Å². The summed E-state index contributed by atoms with van der Waals surface area (Å²) in [6.07, 6.45) is 0.966. The van der Waals surface area contributed by atoms with Gasteiger partial charge in [-0.1, -0.05) is 0 Å². The molecule has 2 unspecified atom stereocenters. The van der Waals surface area contributed by atoms with Crippen LogP contribution in [0.5, 0.6) is 0 Å². The third kappa shape index (κ3) is 2.74. The molecule has 0 aliphatic carbocycles. The van der Waals surface area contributed by atoms with Crippen molar-refractivity contribution in [1.82, 2.24) is 5.32 Å². The molecule has 7 nitrogen and oxygen atoms in total. The fraction of sp³-hybridized carbons (Fsp3) is 0.818. The monoisotopic (exact) mass is 293 g/mol. The number of carboxylic acids is 1. The lowest BCUT2D eigenvalue weighted by molar-refractivity contribution is -0.149. The number of ether oxygens (including phenoxy) is 1. The van der Waals surface area contributed by atoms with Crippen molar-refractivity contribution in [3.63, 3.8) is 0 Å². The Morgan fingerprint density at radius 1 is 1.42 bits per heavy atom. The van der Waals surface area contributed by atoms with Crippen LogP contribution in [0.3, 0.4) is 0 Å². The van der Waals surface area contributed by atoms with Crippen molar-refractivity contribution < 1.29 is 27.9 Å². The Morgan fingerprint density at radius 2 is 1.95 bits per heavy atom. The van der Waals surface area contributed by atoms with Crippen LogP contribution in [0, 0.1) is 5.41 Å². The predicted octanol–water partition coefficient (Wildman–Crippen LogP) is -0.584. The third-order valence-electron chi connectivity index (χ3n) is 3.72. The Kier molecular flexibility index (Phi) is 3.98. The normalized spacial score (nSPS) is 28.1. The first-order valence-electron chi connectivity index (χ1n) is 5.74. The van der Waals surface area contributed by atoms with Gasteiger partial charge in [0.15, 0.2) is 9.84 Å². The van der Waals surface area contributed by atoms with E-state index in [1.807, 2.05) is 0 Å². The molecule has 1 heterocycles. The molecular weight excluding hydrogens is 274 g/mol. The summed E-state index contributed by atoms with van der Waals surface area (Å²) in [4.78, 5) is 23.3. The Morgan fingerprint density at radius 3 is 2.37 bits per heavy atom. The summed E-state index contributed by atoms with van der Waals surface area (Å²) in [6.45, 7) is 4.05. The Balaban J connectivity index is 2.92. The second kappa shape index (κ2) is 4.75. The number of nitrogens with one attached hydrogen (secondary N) is 1. The van der Waals surface area contributed by atoms with Gasteiger partial charge in [-0.15, -0.1) is 0 Å². The van der Waals surface area contributed by atoms with Gasteiger partial charge in [-0.3, -0.25) is 9.59 Å². The molecule has 19 heavy (non-hydrogen) atoms. The van der Waals surface area contributed by atoms with Crippen LogP contribution < -0.4 is 5.32 Å². The first-order valence-corrected chi connectivity index (χ1v) is 7.64. The van der Waals surface area contributed by atoms with E-state index >= 15 is 0 Å². The van der Waals surface area contributed by atoms with Crippen LogP contribution in [0.25, 0.3) is 0 Å². The Bertz CT molecular complexity index is 497. The topological polar surface area (TPSA) is 110 Å². The number of hydrogen-bond acceptors (Lipinski definition) is 5. The average molecular weight is 293 g/mol. The lowest BCUT2D eigenvalue weighted by atomic mass is 9.85. The Labute approximate surface area is 112 Å². The summed E-state index contributed by atoms with van der Waals surface area (Å²) in [5.74, 6) is -1.81. The standard InChI is InChI=1S/C11H19NO6S/c1-10(2,19(4,16)17)8(13)12-7-5-18-6-11(7,3)9(14)15/h7H,5-6H2,1-4H3,(H,12,13)(H,14,15). The fourth-order valence-electron chi connectivity index (χ4n) is 1.59. The number of sulfone groups is 1. The molecule has 0 radical (unpaired) electrons. The van der Waals surface area contributed by atoms with E-state index in [9.17, 15) is 18.0 Å². The molecule has 1 aliphatic heterocycles. The van der Waals surface area contributed by atoms with Gasteiger partial charge in [-0.05, 0) is 20.8 Å². The number of carbonyl (C=O) groups is 2. The van der Waals surface area contributed by atoms with Gasteiger partial charge in [0.1, 0.15) is 10.2 Å². The zero-order valence-electron chi connectivity index (χ0n) is 11.4. The van der Waals surface area contributed by atoms with E-state index in [0.717, 1.165) is 6.26 Å². The smallest absolute Gasteiger partial charge is 0.313 e. The van der Waals surface area contributed by atoms with E-state index < -0.39 is 37.9 Å². The summed E-state index contributed by atoms with van der Waals surface area (Å²) >= 11 is 0.